The highest BCUT2D eigenvalue weighted by Gasteiger charge is 2.29. The molecule has 8 nitrogen and oxygen atoms in total. The van der Waals surface area contributed by atoms with E-state index < -0.39 is 24.1 Å². The Morgan fingerprint density at radius 2 is 1.60 bits per heavy atom. The number of carboxylic acid groups (broad SMARTS) is 1. The van der Waals surface area contributed by atoms with Crippen LogP contribution in [-0.2, 0) is 9.53 Å². The second kappa shape index (κ2) is 10.6. The molecule has 0 heterocycles. The van der Waals surface area contributed by atoms with Gasteiger partial charge in [-0.1, -0.05) is 60.1 Å². The largest absolute Gasteiger partial charge is 0.478 e. The smallest absolute Gasteiger partial charge is 0.407 e. The van der Waals surface area contributed by atoms with Crippen LogP contribution in [0.1, 0.15) is 33.8 Å². The fourth-order valence-corrected chi connectivity index (χ4v) is 4.38. The number of hydrogen-bond donors (Lipinski definition) is 4. The van der Waals surface area contributed by atoms with Crippen LogP contribution < -0.4 is 10.6 Å². The minimum absolute atomic E-state index is 0.0206. The molecule has 3 aromatic carbocycles. The summed E-state index contributed by atoms with van der Waals surface area (Å²) < 4.78 is 5.41. The van der Waals surface area contributed by atoms with E-state index in [1.54, 1.807) is 0 Å². The summed E-state index contributed by atoms with van der Waals surface area (Å²) >= 11 is 5.89. The van der Waals surface area contributed by atoms with Crippen LogP contribution >= 0.6 is 11.6 Å². The zero-order chi connectivity index (χ0) is 24.9. The average Bonchev–Trinajstić information content (AvgIpc) is 3.15. The van der Waals surface area contributed by atoms with Gasteiger partial charge in [0.1, 0.15) is 6.61 Å². The summed E-state index contributed by atoms with van der Waals surface area (Å²) in [5.41, 5.74) is 4.64. The van der Waals surface area contributed by atoms with Crippen LogP contribution in [0, 0.1) is 0 Å². The van der Waals surface area contributed by atoms with Crippen molar-refractivity contribution in [2.75, 3.05) is 18.5 Å². The van der Waals surface area contributed by atoms with E-state index in [0.717, 1.165) is 22.3 Å². The van der Waals surface area contributed by atoms with Crippen LogP contribution in [0.5, 0.6) is 0 Å². The van der Waals surface area contributed by atoms with Crippen LogP contribution in [0.25, 0.3) is 11.1 Å². The van der Waals surface area contributed by atoms with E-state index in [2.05, 4.69) is 10.6 Å². The van der Waals surface area contributed by atoms with Crippen molar-refractivity contribution < 1.29 is 29.3 Å². The van der Waals surface area contributed by atoms with Crippen molar-refractivity contribution in [3.05, 3.63) is 88.4 Å². The molecule has 2 amide bonds. The van der Waals surface area contributed by atoms with Crippen LogP contribution in [0.3, 0.4) is 0 Å². The average molecular weight is 495 g/mol. The number of anilines is 1. The first-order valence-corrected chi connectivity index (χ1v) is 11.3. The van der Waals surface area contributed by atoms with Crippen molar-refractivity contribution in [3.8, 4) is 11.1 Å². The van der Waals surface area contributed by atoms with E-state index in [9.17, 15) is 19.5 Å². The number of carbonyl (C=O) groups is 3. The lowest BCUT2D eigenvalue weighted by Crippen LogP contribution is -2.35. The molecule has 1 aliphatic carbocycles. The molecule has 3 aromatic rings. The first kappa shape index (κ1) is 24.3. The Balaban J connectivity index is 1.24. The molecule has 180 valence electrons. The van der Waals surface area contributed by atoms with Crippen molar-refractivity contribution >= 4 is 35.3 Å². The highest BCUT2D eigenvalue weighted by Crippen LogP contribution is 2.44. The Morgan fingerprint density at radius 3 is 2.20 bits per heavy atom. The molecular formula is C26H23ClN2O6. The summed E-state index contributed by atoms with van der Waals surface area (Å²) in [5, 5.41) is 24.1. The van der Waals surface area contributed by atoms with E-state index >= 15 is 0 Å². The molecule has 1 unspecified atom stereocenters. The number of carbonyl (C=O) groups excluding carboxylic acids is 2. The lowest BCUT2D eigenvalue weighted by molar-refractivity contribution is -0.118. The Morgan fingerprint density at radius 1 is 0.971 bits per heavy atom. The molecule has 0 saturated heterocycles. The SMILES string of the molecule is O=C(CC(O)CNC(=O)OCC1c2ccccc2-c2ccccc21)Nc1ccc(C(=O)O)c(Cl)c1. The second-order valence-electron chi connectivity index (χ2n) is 8.11. The number of benzene rings is 3. The normalized spacial score (nSPS) is 12.9. The van der Waals surface area contributed by atoms with Crippen LogP contribution in [-0.4, -0.2) is 47.4 Å². The standard InChI is InChI=1S/C26H23ClN2O6/c27-23-11-15(9-10-21(23)25(32)33)29-24(31)12-16(30)13-28-26(34)35-14-22-19-7-3-1-5-17(19)18-6-2-4-8-20(18)22/h1-11,16,22,30H,12-14H2,(H,28,34)(H,29,31)(H,32,33). The number of nitrogens with one attached hydrogen (secondary N) is 2. The number of halogens is 1. The zero-order valence-corrected chi connectivity index (χ0v) is 19.3. The Labute approximate surface area is 206 Å². The van der Waals surface area contributed by atoms with Gasteiger partial charge in [-0.3, -0.25) is 4.79 Å². The van der Waals surface area contributed by atoms with Gasteiger partial charge in [0.15, 0.2) is 0 Å². The van der Waals surface area contributed by atoms with Gasteiger partial charge in [-0.15, -0.1) is 0 Å². The number of aliphatic hydroxyl groups is 1. The summed E-state index contributed by atoms with van der Waals surface area (Å²) in [6.45, 7) is -0.0354. The predicted molar refractivity (Wildman–Crippen MR) is 131 cm³/mol. The maximum absolute atomic E-state index is 12.2. The predicted octanol–water partition coefficient (Wildman–Crippen LogP) is 4.27. The third-order valence-electron chi connectivity index (χ3n) is 5.73. The third kappa shape index (κ3) is 5.62. The second-order valence-corrected chi connectivity index (χ2v) is 8.52. The van der Waals surface area contributed by atoms with Crippen molar-refractivity contribution in [2.45, 2.75) is 18.4 Å². The molecule has 0 radical (unpaired) electrons. The van der Waals surface area contributed by atoms with E-state index in [0.29, 0.717) is 5.69 Å². The molecule has 9 heteroatoms. The number of amides is 2. The number of hydrogen-bond acceptors (Lipinski definition) is 5. The highest BCUT2D eigenvalue weighted by atomic mass is 35.5. The summed E-state index contributed by atoms with van der Waals surface area (Å²) in [6.07, 6.45) is -2.13. The number of ether oxygens (including phenoxy) is 1. The van der Waals surface area contributed by atoms with E-state index in [1.165, 1.54) is 18.2 Å². The van der Waals surface area contributed by atoms with Crippen molar-refractivity contribution in [3.63, 3.8) is 0 Å². The van der Waals surface area contributed by atoms with Gasteiger partial charge in [0.05, 0.1) is 23.1 Å². The van der Waals surface area contributed by atoms with Gasteiger partial charge in [-0.2, -0.15) is 0 Å². The lowest BCUT2D eigenvalue weighted by atomic mass is 9.98. The van der Waals surface area contributed by atoms with Crippen molar-refractivity contribution in [1.82, 2.24) is 5.32 Å². The monoisotopic (exact) mass is 494 g/mol. The number of alkyl carbamates (subject to hydrolysis) is 1. The first-order chi connectivity index (χ1) is 16.8. The maximum atomic E-state index is 12.2. The van der Waals surface area contributed by atoms with Crippen LogP contribution in [0.4, 0.5) is 10.5 Å². The molecule has 0 spiro atoms. The molecule has 0 aliphatic heterocycles. The molecule has 35 heavy (non-hydrogen) atoms. The molecule has 4 N–H and O–H groups in total. The zero-order valence-electron chi connectivity index (χ0n) is 18.5. The minimum Gasteiger partial charge on any atom is -0.478 e. The fourth-order valence-electron chi connectivity index (χ4n) is 4.12. The van der Waals surface area contributed by atoms with Gasteiger partial charge >= 0.3 is 12.1 Å². The van der Waals surface area contributed by atoms with Gasteiger partial charge in [-0.05, 0) is 40.5 Å². The molecule has 1 atom stereocenters. The topological polar surface area (TPSA) is 125 Å². The van der Waals surface area contributed by atoms with E-state index in [-0.39, 0.29) is 36.1 Å². The Bertz CT molecular complexity index is 1230. The van der Waals surface area contributed by atoms with Crippen LogP contribution in [0.15, 0.2) is 66.7 Å². The van der Waals surface area contributed by atoms with E-state index in [4.69, 9.17) is 21.4 Å². The molecule has 0 fully saturated rings. The highest BCUT2D eigenvalue weighted by molar-refractivity contribution is 6.33. The molecule has 1 aliphatic rings. The summed E-state index contributed by atoms with van der Waals surface area (Å²) in [7, 11) is 0. The Hall–Kier alpha value is -3.88. The minimum atomic E-state index is -1.18. The molecular weight excluding hydrogens is 472 g/mol. The number of aliphatic hydroxyl groups excluding tert-OH is 1. The summed E-state index contributed by atoms with van der Waals surface area (Å²) in [5.74, 6) is -1.78. The molecule has 0 aromatic heterocycles. The summed E-state index contributed by atoms with van der Waals surface area (Å²) in [4.78, 5) is 35.4. The van der Waals surface area contributed by atoms with Gasteiger partial charge < -0.3 is 25.6 Å². The van der Waals surface area contributed by atoms with Gasteiger partial charge in [-0.25, -0.2) is 9.59 Å². The van der Waals surface area contributed by atoms with Crippen molar-refractivity contribution in [1.29, 1.82) is 0 Å². The lowest BCUT2D eigenvalue weighted by Gasteiger charge is -2.16. The maximum Gasteiger partial charge on any atom is 0.407 e. The van der Waals surface area contributed by atoms with Gasteiger partial charge in [0.25, 0.3) is 0 Å². The first-order valence-electron chi connectivity index (χ1n) is 10.9. The molecule has 4 rings (SSSR count). The van der Waals surface area contributed by atoms with Crippen LogP contribution in [0.2, 0.25) is 5.02 Å². The number of carboxylic acids is 1. The third-order valence-corrected chi connectivity index (χ3v) is 6.04. The number of aromatic carboxylic acids is 1. The Kier molecular flexibility index (Phi) is 7.33. The fraction of sp³-hybridized carbons (Fsp3) is 0.192. The van der Waals surface area contributed by atoms with Gasteiger partial charge in [0.2, 0.25) is 5.91 Å². The number of fused-ring (bicyclic) bond motifs is 3. The van der Waals surface area contributed by atoms with Crippen molar-refractivity contribution in [2.24, 2.45) is 0 Å². The quantitative estimate of drug-likeness (QED) is 0.370. The number of rotatable bonds is 8. The molecule has 0 bridgehead atoms. The van der Waals surface area contributed by atoms with Gasteiger partial charge in [0, 0.05) is 18.2 Å². The summed E-state index contributed by atoms with van der Waals surface area (Å²) in [6, 6.07) is 20.0. The van der Waals surface area contributed by atoms with E-state index in [1.807, 2.05) is 48.5 Å². The molecule has 0 saturated carbocycles.